The Morgan fingerprint density at radius 2 is 1.79 bits per heavy atom. The van der Waals surface area contributed by atoms with E-state index in [-0.39, 0.29) is 0 Å². The molecule has 122 valence electrons. The van der Waals surface area contributed by atoms with Crippen LogP contribution in [0.15, 0.2) is 46.9 Å². The predicted octanol–water partition coefficient (Wildman–Crippen LogP) is 4.05. The minimum atomic E-state index is -0.617. The van der Waals surface area contributed by atoms with E-state index in [1.54, 1.807) is 24.3 Å². The molecule has 24 heavy (non-hydrogen) atoms. The summed E-state index contributed by atoms with van der Waals surface area (Å²) in [5, 5.41) is 8.82. The molecule has 0 aliphatic carbocycles. The molecule has 0 atom stereocenters. The maximum absolute atomic E-state index is 8.82. The van der Waals surface area contributed by atoms with Crippen molar-refractivity contribution >= 4 is 23.3 Å². The zero-order chi connectivity index (χ0) is 16.8. The number of hydrogen-bond acceptors (Lipinski definition) is 5. The summed E-state index contributed by atoms with van der Waals surface area (Å²) in [5.41, 5.74) is 1.53. The first-order chi connectivity index (χ1) is 11.7. The lowest BCUT2D eigenvalue weighted by molar-refractivity contribution is 0.0486. The third-order valence-electron chi connectivity index (χ3n) is 3.41. The molecule has 0 bridgehead atoms. The van der Waals surface area contributed by atoms with E-state index in [0.29, 0.717) is 36.9 Å². The molecule has 1 aliphatic heterocycles. The number of ether oxygens (including phenoxy) is 1. The Labute approximate surface area is 149 Å². The highest BCUT2D eigenvalue weighted by atomic mass is 79.9. The van der Waals surface area contributed by atoms with Crippen LogP contribution in [0.25, 0.3) is 0 Å². The second-order valence-electron chi connectivity index (χ2n) is 5.19. The molecule has 0 aromatic heterocycles. The van der Waals surface area contributed by atoms with Crippen LogP contribution in [0.1, 0.15) is 17.5 Å². The van der Waals surface area contributed by atoms with Crippen LogP contribution in [-0.4, -0.2) is 20.5 Å². The smallest absolute Gasteiger partial charge is 0.457 e. The summed E-state index contributed by atoms with van der Waals surface area (Å²) in [6.45, 7) is 1.64. The molecule has 5 nitrogen and oxygen atoms in total. The Morgan fingerprint density at radius 3 is 2.50 bits per heavy atom. The predicted molar refractivity (Wildman–Crippen MR) is 92.4 cm³/mol. The maximum atomic E-state index is 8.82. The van der Waals surface area contributed by atoms with Gasteiger partial charge in [-0.25, -0.2) is 0 Å². The van der Waals surface area contributed by atoms with Crippen LogP contribution < -0.4 is 4.74 Å². The van der Waals surface area contributed by atoms with Crippen molar-refractivity contribution in [3.05, 3.63) is 58.1 Å². The van der Waals surface area contributed by atoms with Crippen molar-refractivity contribution in [1.82, 2.24) is 0 Å². The third-order valence-corrected chi connectivity index (χ3v) is 4.18. The average Bonchev–Trinajstić information content (AvgIpc) is 2.63. The van der Waals surface area contributed by atoms with Gasteiger partial charge in [0, 0.05) is 17.7 Å². The van der Waals surface area contributed by atoms with E-state index in [0.717, 1.165) is 16.5 Å². The first-order valence-electron chi connectivity index (χ1n) is 7.56. The lowest BCUT2D eigenvalue weighted by atomic mass is 10.1. The van der Waals surface area contributed by atoms with Gasteiger partial charge in [-0.1, -0.05) is 15.9 Å². The Hall–Kier alpha value is -1.85. The number of nitrogens with zero attached hydrogens (tertiary/aromatic N) is 1. The summed E-state index contributed by atoms with van der Waals surface area (Å²) in [6.07, 6.45) is 0.886. The number of hydrogen-bond donors (Lipinski definition) is 0. The second-order valence-corrected chi connectivity index (χ2v) is 6.04. The molecule has 2 aromatic carbocycles. The van der Waals surface area contributed by atoms with E-state index >= 15 is 0 Å². The molecule has 3 rings (SSSR count). The van der Waals surface area contributed by atoms with E-state index in [1.807, 2.05) is 18.2 Å². The van der Waals surface area contributed by atoms with Crippen LogP contribution >= 0.6 is 15.9 Å². The Kier molecular flexibility index (Phi) is 5.89. The van der Waals surface area contributed by atoms with E-state index in [2.05, 4.69) is 22.0 Å². The first kappa shape index (κ1) is 17.0. The monoisotopic (exact) mass is 387 g/mol. The second kappa shape index (κ2) is 8.31. The van der Waals surface area contributed by atoms with Crippen LogP contribution in [0.3, 0.4) is 0 Å². The maximum Gasteiger partial charge on any atom is 0.639 e. The Bertz CT molecular complexity index is 726. The number of halogens is 1. The molecule has 2 aromatic rings. The van der Waals surface area contributed by atoms with Crippen molar-refractivity contribution in [3.63, 3.8) is 0 Å². The summed E-state index contributed by atoms with van der Waals surface area (Å²) in [5.74, 6) is 1.36. The molecule has 1 aliphatic rings. The van der Waals surface area contributed by atoms with Gasteiger partial charge in [-0.15, -0.1) is 0 Å². The van der Waals surface area contributed by atoms with Crippen LogP contribution in [-0.2, 0) is 20.6 Å². The highest BCUT2D eigenvalue weighted by molar-refractivity contribution is 9.10. The molecule has 0 spiro atoms. The molecule has 0 radical (unpaired) electrons. The lowest BCUT2D eigenvalue weighted by Crippen LogP contribution is -2.32. The van der Waals surface area contributed by atoms with Crippen molar-refractivity contribution in [1.29, 1.82) is 5.26 Å². The van der Waals surface area contributed by atoms with Gasteiger partial charge in [0.05, 0.1) is 18.2 Å². The van der Waals surface area contributed by atoms with Gasteiger partial charge < -0.3 is 18.7 Å². The summed E-state index contributed by atoms with van der Waals surface area (Å²) in [6, 6.07) is 14.7. The molecule has 7 heteroatoms. The number of nitriles is 1. The van der Waals surface area contributed by atoms with Crippen molar-refractivity contribution in [3.8, 4) is 17.6 Å². The van der Waals surface area contributed by atoms with Crippen molar-refractivity contribution in [2.45, 2.75) is 13.0 Å². The van der Waals surface area contributed by atoms with Gasteiger partial charge in [-0.2, -0.15) is 5.26 Å². The highest BCUT2D eigenvalue weighted by Crippen LogP contribution is 2.27. The Morgan fingerprint density at radius 1 is 1.08 bits per heavy atom. The fourth-order valence-corrected chi connectivity index (χ4v) is 2.54. The molecule has 0 saturated carbocycles. The van der Waals surface area contributed by atoms with E-state index < -0.39 is 7.32 Å². The Balaban J connectivity index is 1.65. The quantitative estimate of drug-likeness (QED) is 0.724. The summed E-state index contributed by atoms with van der Waals surface area (Å²) < 4.78 is 23.1. The van der Waals surface area contributed by atoms with Crippen molar-refractivity contribution < 1.29 is 18.7 Å². The molecule has 0 amide bonds. The number of rotatable bonds is 5. The van der Waals surface area contributed by atoms with Gasteiger partial charge in [0.1, 0.15) is 11.5 Å². The molecule has 0 unspecified atom stereocenters. The fourth-order valence-electron chi connectivity index (χ4n) is 2.18. The van der Waals surface area contributed by atoms with Gasteiger partial charge in [0.2, 0.25) is 0 Å². The minimum Gasteiger partial charge on any atom is -0.457 e. The highest BCUT2D eigenvalue weighted by Gasteiger charge is 2.24. The van der Waals surface area contributed by atoms with Crippen LogP contribution in [0.5, 0.6) is 11.5 Å². The van der Waals surface area contributed by atoms with Gasteiger partial charge >= 0.3 is 7.32 Å². The van der Waals surface area contributed by atoms with Crippen LogP contribution in [0.2, 0.25) is 0 Å². The van der Waals surface area contributed by atoms with Crippen LogP contribution in [0.4, 0.5) is 0 Å². The standard InChI is InChI=1S/C17H15BBrNO4/c19-17-7-6-16(24-15-4-2-13(11-20)3-5-15)10-14(17)12-23-18-21-8-1-9-22-18/h2-7,10H,1,8-9,12H2. The van der Waals surface area contributed by atoms with E-state index in [4.69, 9.17) is 24.0 Å². The van der Waals surface area contributed by atoms with Crippen LogP contribution in [0, 0.1) is 11.3 Å². The van der Waals surface area contributed by atoms with E-state index in [9.17, 15) is 0 Å². The molecule has 1 heterocycles. The molecule has 1 fully saturated rings. The fraction of sp³-hybridized carbons (Fsp3) is 0.235. The average molecular weight is 388 g/mol. The summed E-state index contributed by atoms with van der Waals surface area (Å²) in [4.78, 5) is 0. The molecule has 0 N–H and O–H groups in total. The topological polar surface area (TPSA) is 60.7 Å². The summed E-state index contributed by atoms with van der Waals surface area (Å²) in [7, 11) is -0.617. The summed E-state index contributed by atoms with van der Waals surface area (Å²) >= 11 is 3.51. The van der Waals surface area contributed by atoms with Gasteiger partial charge in [0.15, 0.2) is 0 Å². The normalized spacial score (nSPS) is 14.2. The molecular formula is C17H15BBrNO4. The molecule has 1 saturated heterocycles. The van der Waals surface area contributed by atoms with Crippen molar-refractivity contribution in [2.24, 2.45) is 0 Å². The van der Waals surface area contributed by atoms with Crippen molar-refractivity contribution in [2.75, 3.05) is 13.2 Å². The van der Waals surface area contributed by atoms with Gasteiger partial charge in [-0.05, 0) is 54.4 Å². The first-order valence-corrected chi connectivity index (χ1v) is 8.35. The lowest BCUT2D eigenvalue weighted by Gasteiger charge is -2.19. The zero-order valence-electron chi connectivity index (χ0n) is 12.9. The third kappa shape index (κ3) is 4.59. The minimum absolute atomic E-state index is 0.343. The number of benzene rings is 2. The van der Waals surface area contributed by atoms with E-state index in [1.165, 1.54) is 0 Å². The largest absolute Gasteiger partial charge is 0.639 e. The SMILES string of the molecule is N#Cc1ccc(Oc2ccc(Br)c(COB3OCCCO3)c2)cc1. The molecular weight excluding hydrogens is 373 g/mol. The van der Waals surface area contributed by atoms with Gasteiger partial charge in [-0.3, -0.25) is 0 Å². The zero-order valence-corrected chi connectivity index (χ0v) is 14.5. The van der Waals surface area contributed by atoms with Gasteiger partial charge in [0.25, 0.3) is 0 Å².